The van der Waals surface area contributed by atoms with Crippen LogP contribution in [-0.4, -0.2) is 58.9 Å². The maximum absolute atomic E-state index is 13.5. The first-order valence-corrected chi connectivity index (χ1v) is 11.9. The van der Waals surface area contributed by atoms with Crippen LogP contribution in [-0.2, 0) is 33.4 Å². The molecular formula is C27H35NO8. The molecular weight excluding hydrogens is 466 g/mol. The number of fused-ring (bicyclic) bond motifs is 10. The summed E-state index contributed by atoms with van der Waals surface area (Å²) in [4.78, 5) is 62.3. The van der Waals surface area contributed by atoms with Gasteiger partial charge in [0, 0.05) is 26.7 Å². The Labute approximate surface area is 211 Å². The highest BCUT2D eigenvalue weighted by atomic mass is 16.6. The molecule has 0 aromatic heterocycles. The SMILES string of the molecule is CC(=O)OC1/C=C\C(C)=C/C(NC(=O)C(C)=O)C2(C)C(=O)OC(CC(O)/C=C/C(C)=C\C1)C(C)C2=O. The lowest BCUT2D eigenvalue weighted by Gasteiger charge is -2.42. The van der Waals surface area contributed by atoms with Crippen LogP contribution in [0.5, 0.6) is 0 Å². The normalized spacial score (nSPS) is 36.2. The van der Waals surface area contributed by atoms with Crippen molar-refractivity contribution in [2.45, 2.75) is 78.7 Å². The molecule has 1 aliphatic carbocycles. The van der Waals surface area contributed by atoms with E-state index in [0.717, 1.165) is 12.5 Å². The summed E-state index contributed by atoms with van der Waals surface area (Å²) in [6.07, 6.45) is 7.84. The van der Waals surface area contributed by atoms with Gasteiger partial charge in [0.2, 0.25) is 5.78 Å². The standard InChI is InChI=1S/C27H35NO8/c1-15-7-10-20(31)14-22-17(3)24(32)27(6,26(34)36-22)23(28-25(33)18(4)29)13-16(2)9-12-21(11-8-15)35-19(5)30/h7-10,12-13,17,20-23,31H,11,14H2,1-6H3,(H,28,33)/b10-7+,12-9-,15-8-,16-13-. The van der Waals surface area contributed by atoms with Crippen LogP contribution >= 0.6 is 0 Å². The number of nitrogens with one attached hydrogen (secondary N) is 1. The second-order valence-electron chi connectivity index (χ2n) is 9.57. The maximum atomic E-state index is 13.5. The van der Waals surface area contributed by atoms with Gasteiger partial charge in [-0.3, -0.25) is 24.0 Å². The zero-order valence-corrected chi connectivity index (χ0v) is 21.6. The molecule has 0 saturated carbocycles. The van der Waals surface area contributed by atoms with Gasteiger partial charge in [0.15, 0.2) is 5.78 Å². The van der Waals surface area contributed by atoms with Gasteiger partial charge < -0.3 is 19.9 Å². The number of carbonyl (C=O) groups is 5. The van der Waals surface area contributed by atoms with Crippen molar-refractivity contribution in [1.82, 2.24) is 5.32 Å². The molecule has 0 radical (unpaired) electrons. The van der Waals surface area contributed by atoms with Crippen molar-refractivity contribution in [1.29, 1.82) is 0 Å². The van der Waals surface area contributed by atoms with E-state index in [1.165, 1.54) is 19.9 Å². The highest BCUT2D eigenvalue weighted by molar-refractivity contribution is 6.35. The van der Waals surface area contributed by atoms with Gasteiger partial charge in [-0.15, -0.1) is 0 Å². The van der Waals surface area contributed by atoms with Crippen LogP contribution in [0.25, 0.3) is 0 Å². The first-order valence-electron chi connectivity index (χ1n) is 11.9. The molecule has 1 fully saturated rings. The number of ketones is 2. The predicted molar refractivity (Wildman–Crippen MR) is 131 cm³/mol. The first kappa shape index (κ1) is 28.9. The lowest BCUT2D eigenvalue weighted by molar-refractivity contribution is -0.181. The largest absolute Gasteiger partial charge is 0.461 e. The van der Waals surface area contributed by atoms with Crippen molar-refractivity contribution in [3.05, 3.63) is 47.6 Å². The Morgan fingerprint density at radius 3 is 2.36 bits per heavy atom. The zero-order chi connectivity index (χ0) is 27.2. The number of ether oxygens (including phenoxy) is 2. The van der Waals surface area contributed by atoms with E-state index < -0.39 is 65.1 Å². The number of hydrogen-bond acceptors (Lipinski definition) is 8. The fourth-order valence-corrected chi connectivity index (χ4v) is 4.14. The summed E-state index contributed by atoms with van der Waals surface area (Å²) in [7, 11) is 0. The molecule has 1 saturated heterocycles. The van der Waals surface area contributed by atoms with Gasteiger partial charge in [0.1, 0.15) is 17.6 Å². The van der Waals surface area contributed by atoms with E-state index in [9.17, 15) is 29.1 Å². The van der Waals surface area contributed by atoms with Crippen molar-refractivity contribution in [2.75, 3.05) is 0 Å². The summed E-state index contributed by atoms with van der Waals surface area (Å²) in [5.74, 6) is -4.29. The van der Waals surface area contributed by atoms with Crippen molar-refractivity contribution in [3.8, 4) is 0 Å². The number of rotatable bonds is 3. The highest BCUT2D eigenvalue weighted by Gasteiger charge is 2.56. The lowest BCUT2D eigenvalue weighted by Crippen LogP contribution is -2.61. The average Bonchev–Trinajstić information content (AvgIpc) is 2.80. The maximum Gasteiger partial charge on any atom is 0.322 e. The van der Waals surface area contributed by atoms with Crippen molar-refractivity contribution in [2.24, 2.45) is 11.3 Å². The third kappa shape index (κ3) is 7.10. The molecule has 1 amide bonds. The number of allylic oxidation sites excluding steroid dienone is 4. The van der Waals surface area contributed by atoms with Gasteiger partial charge in [-0.1, -0.05) is 48.5 Å². The summed E-state index contributed by atoms with van der Waals surface area (Å²) in [6.45, 7) is 8.89. The predicted octanol–water partition coefficient (Wildman–Crippen LogP) is 2.29. The zero-order valence-electron chi connectivity index (χ0n) is 21.6. The Morgan fingerprint density at radius 2 is 1.75 bits per heavy atom. The number of Topliss-reactive ketones (excluding diaryl/α,β-unsaturated/α-hetero) is 2. The number of aliphatic hydroxyl groups excluding tert-OH is 1. The molecule has 9 heteroatoms. The fourth-order valence-electron chi connectivity index (χ4n) is 4.14. The van der Waals surface area contributed by atoms with Gasteiger partial charge in [-0.25, -0.2) is 0 Å². The number of aliphatic hydroxyl groups is 1. The second kappa shape index (κ2) is 12.1. The van der Waals surface area contributed by atoms with Crippen molar-refractivity contribution < 1.29 is 38.6 Å². The van der Waals surface area contributed by atoms with Crippen LogP contribution in [0.2, 0.25) is 0 Å². The number of hydrogen-bond donors (Lipinski definition) is 2. The van der Waals surface area contributed by atoms with Crippen LogP contribution in [0.15, 0.2) is 47.6 Å². The highest BCUT2D eigenvalue weighted by Crippen LogP contribution is 2.38. The van der Waals surface area contributed by atoms with Crippen LogP contribution in [0.4, 0.5) is 0 Å². The Morgan fingerprint density at radius 1 is 1.11 bits per heavy atom. The topological polar surface area (TPSA) is 136 Å². The van der Waals surface area contributed by atoms with Crippen LogP contribution in [0.1, 0.15) is 54.4 Å². The smallest absolute Gasteiger partial charge is 0.322 e. The summed E-state index contributed by atoms with van der Waals surface area (Å²) in [6, 6.07) is -1.18. The summed E-state index contributed by atoms with van der Waals surface area (Å²) in [5.41, 5.74) is -0.434. The molecule has 2 heterocycles. The molecule has 2 N–H and O–H groups in total. The second-order valence-corrected chi connectivity index (χ2v) is 9.57. The van der Waals surface area contributed by atoms with Gasteiger partial charge in [-0.2, -0.15) is 0 Å². The van der Waals surface area contributed by atoms with Gasteiger partial charge in [0.25, 0.3) is 5.91 Å². The lowest BCUT2D eigenvalue weighted by atomic mass is 9.69. The Kier molecular flexibility index (Phi) is 9.69. The van der Waals surface area contributed by atoms with E-state index in [1.54, 1.807) is 38.2 Å². The quantitative estimate of drug-likeness (QED) is 0.342. The molecule has 3 aliphatic rings. The molecule has 2 bridgehead atoms. The number of carbonyl (C=O) groups excluding carboxylic acids is 5. The third-order valence-electron chi connectivity index (χ3n) is 6.44. The molecule has 196 valence electrons. The van der Waals surface area contributed by atoms with E-state index in [1.807, 2.05) is 13.0 Å². The minimum absolute atomic E-state index is 0.00940. The monoisotopic (exact) mass is 501 g/mol. The Hall–Kier alpha value is -3.33. The Bertz CT molecular complexity index is 1040. The van der Waals surface area contributed by atoms with Gasteiger partial charge >= 0.3 is 11.9 Å². The van der Waals surface area contributed by atoms with E-state index in [-0.39, 0.29) is 6.42 Å². The van der Waals surface area contributed by atoms with Crippen molar-refractivity contribution >= 4 is 29.4 Å². The molecule has 36 heavy (non-hydrogen) atoms. The average molecular weight is 502 g/mol. The summed E-state index contributed by atoms with van der Waals surface area (Å²) in [5, 5.41) is 13.0. The van der Waals surface area contributed by atoms with Gasteiger partial charge in [0.05, 0.1) is 18.1 Å². The molecule has 6 unspecified atom stereocenters. The third-order valence-corrected chi connectivity index (χ3v) is 6.44. The molecule has 0 spiro atoms. The molecule has 9 nitrogen and oxygen atoms in total. The number of esters is 2. The molecule has 0 aromatic carbocycles. The van der Waals surface area contributed by atoms with Gasteiger partial charge in [-0.05, 0) is 26.8 Å². The summed E-state index contributed by atoms with van der Waals surface area (Å²) >= 11 is 0. The van der Waals surface area contributed by atoms with E-state index in [2.05, 4.69) is 5.32 Å². The first-order chi connectivity index (χ1) is 16.7. The molecule has 3 rings (SSSR count). The van der Waals surface area contributed by atoms with Crippen LogP contribution < -0.4 is 5.32 Å². The van der Waals surface area contributed by atoms with E-state index in [0.29, 0.717) is 12.0 Å². The Balaban J connectivity index is 2.62. The number of amides is 1. The minimum atomic E-state index is -1.81. The van der Waals surface area contributed by atoms with Crippen LogP contribution in [0, 0.1) is 11.3 Å². The van der Waals surface area contributed by atoms with Crippen LogP contribution in [0.3, 0.4) is 0 Å². The van der Waals surface area contributed by atoms with E-state index in [4.69, 9.17) is 9.47 Å². The molecule has 0 aromatic rings. The molecule has 6 atom stereocenters. The minimum Gasteiger partial charge on any atom is -0.461 e. The summed E-state index contributed by atoms with van der Waals surface area (Å²) < 4.78 is 11.0. The molecule has 2 aliphatic heterocycles. The fraction of sp³-hybridized carbons (Fsp3) is 0.519. The van der Waals surface area contributed by atoms with Crippen molar-refractivity contribution in [3.63, 3.8) is 0 Å². The van der Waals surface area contributed by atoms with E-state index >= 15 is 0 Å².